The molecule has 2 rings (SSSR count). The van der Waals surface area contributed by atoms with Crippen molar-refractivity contribution in [1.82, 2.24) is 0 Å². The van der Waals surface area contributed by atoms with Crippen LogP contribution in [0.1, 0.15) is 26.9 Å². The number of ether oxygens (including phenoxy) is 1. The Morgan fingerprint density at radius 3 is 2.50 bits per heavy atom. The van der Waals surface area contributed by atoms with Gasteiger partial charge in [0.05, 0.1) is 6.04 Å². The number of aryl methyl sites for hydroxylation is 3. The lowest BCUT2D eigenvalue weighted by molar-refractivity contribution is 0.292. The number of hydrogen-bond acceptors (Lipinski definition) is 3. The van der Waals surface area contributed by atoms with Crippen LogP contribution in [0.2, 0.25) is 0 Å². The van der Waals surface area contributed by atoms with Crippen molar-refractivity contribution in [1.29, 1.82) is 0 Å². The molecule has 1 unspecified atom stereocenters. The molecule has 96 valence electrons. The Morgan fingerprint density at radius 1 is 1.11 bits per heavy atom. The van der Waals surface area contributed by atoms with Crippen molar-refractivity contribution in [2.45, 2.75) is 26.8 Å². The number of benzene rings is 1. The summed E-state index contributed by atoms with van der Waals surface area (Å²) >= 11 is 1.73. The zero-order valence-corrected chi connectivity index (χ0v) is 11.9. The number of hydrogen-bond donors (Lipinski definition) is 1. The van der Waals surface area contributed by atoms with E-state index in [-0.39, 0.29) is 6.04 Å². The van der Waals surface area contributed by atoms with E-state index in [9.17, 15) is 0 Å². The third kappa shape index (κ3) is 3.12. The number of rotatable bonds is 4. The number of thiophene rings is 1. The van der Waals surface area contributed by atoms with E-state index in [4.69, 9.17) is 10.5 Å². The summed E-state index contributed by atoms with van der Waals surface area (Å²) in [6, 6.07) is 10.2. The Hall–Kier alpha value is -1.32. The Balaban J connectivity index is 1.97. The SMILES string of the molecule is Cc1ccc(C(N)COc2ccc(C)c(C)c2)s1. The molecule has 1 aromatic carbocycles. The summed E-state index contributed by atoms with van der Waals surface area (Å²) in [6.07, 6.45) is 0. The maximum Gasteiger partial charge on any atom is 0.119 e. The van der Waals surface area contributed by atoms with Crippen molar-refractivity contribution >= 4 is 11.3 Å². The van der Waals surface area contributed by atoms with Gasteiger partial charge in [-0.3, -0.25) is 0 Å². The summed E-state index contributed by atoms with van der Waals surface area (Å²) in [7, 11) is 0. The normalized spacial score (nSPS) is 12.4. The van der Waals surface area contributed by atoms with E-state index in [2.05, 4.69) is 45.0 Å². The molecule has 0 spiro atoms. The lowest BCUT2D eigenvalue weighted by Crippen LogP contribution is -2.17. The molecule has 1 heterocycles. The van der Waals surface area contributed by atoms with E-state index < -0.39 is 0 Å². The molecule has 2 aromatic rings. The highest BCUT2D eigenvalue weighted by Gasteiger charge is 2.09. The van der Waals surface area contributed by atoms with Crippen LogP contribution in [0.4, 0.5) is 0 Å². The van der Waals surface area contributed by atoms with Crippen molar-refractivity contribution < 1.29 is 4.74 Å². The molecule has 0 bridgehead atoms. The van der Waals surface area contributed by atoms with E-state index in [0.29, 0.717) is 6.61 Å². The summed E-state index contributed by atoms with van der Waals surface area (Å²) in [5.74, 6) is 0.891. The average molecular weight is 261 g/mol. The van der Waals surface area contributed by atoms with Crippen molar-refractivity contribution in [2.75, 3.05) is 6.61 Å². The van der Waals surface area contributed by atoms with E-state index >= 15 is 0 Å². The van der Waals surface area contributed by atoms with Crippen LogP contribution in [0.3, 0.4) is 0 Å². The summed E-state index contributed by atoms with van der Waals surface area (Å²) < 4.78 is 5.75. The fourth-order valence-corrected chi connectivity index (χ4v) is 2.59. The van der Waals surface area contributed by atoms with Crippen LogP contribution in [0.25, 0.3) is 0 Å². The molecule has 0 aliphatic rings. The lowest BCUT2D eigenvalue weighted by atomic mass is 10.1. The monoisotopic (exact) mass is 261 g/mol. The Labute approximate surface area is 112 Å². The smallest absolute Gasteiger partial charge is 0.119 e. The minimum Gasteiger partial charge on any atom is -0.492 e. The van der Waals surface area contributed by atoms with Gasteiger partial charge in [0.15, 0.2) is 0 Å². The largest absolute Gasteiger partial charge is 0.492 e. The maximum atomic E-state index is 6.11. The first-order chi connectivity index (χ1) is 8.56. The molecule has 2 nitrogen and oxygen atoms in total. The predicted molar refractivity (Wildman–Crippen MR) is 77.4 cm³/mol. The topological polar surface area (TPSA) is 35.2 Å². The van der Waals surface area contributed by atoms with Crippen LogP contribution in [0.5, 0.6) is 5.75 Å². The minimum atomic E-state index is -0.0506. The molecule has 0 aliphatic carbocycles. The van der Waals surface area contributed by atoms with E-state index in [1.54, 1.807) is 11.3 Å². The van der Waals surface area contributed by atoms with Gasteiger partial charge < -0.3 is 10.5 Å². The third-order valence-electron chi connectivity index (χ3n) is 3.03. The molecule has 18 heavy (non-hydrogen) atoms. The molecule has 1 atom stereocenters. The van der Waals surface area contributed by atoms with Crippen LogP contribution < -0.4 is 10.5 Å². The predicted octanol–water partition coefficient (Wildman–Crippen LogP) is 3.75. The fourth-order valence-electron chi connectivity index (χ4n) is 1.72. The van der Waals surface area contributed by atoms with Gasteiger partial charge in [0.1, 0.15) is 12.4 Å². The molecule has 0 radical (unpaired) electrons. The van der Waals surface area contributed by atoms with Gasteiger partial charge in [-0.2, -0.15) is 0 Å². The van der Waals surface area contributed by atoms with E-state index in [1.807, 2.05) is 6.07 Å². The fraction of sp³-hybridized carbons (Fsp3) is 0.333. The van der Waals surface area contributed by atoms with Gasteiger partial charge in [0.25, 0.3) is 0 Å². The highest BCUT2D eigenvalue weighted by atomic mass is 32.1. The summed E-state index contributed by atoms with van der Waals surface area (Å²) in [5, 5.41) is 0. The number of nitrogens with two attached hydrogens (primary N) is 1. The molecule has 3 heteroatoms. The molecule has 0 fully saturated rings. The summed E-state index contributed by atoms with van der Waals surface area (Å²) in [5.41, 5.74) is 8.63. The summed E-state index contributed by atoms with van der Waals surface area (Å²) in [4.78, 5) is 2.46. The highest BCUT2D eigenvalue weighted by molar-refractivity contribution is 7.12. The first kappa shape index (κ1) is 13.1. The zero-order chi connectivity index (χ0) is 13.1. The van der Waals surface area contributed by atoms with E-state index in [1.165, 1.54) is 20.9 Å². The van der Waals surface area contributed by atoms with Crippen molar-refractivity contribution in [3.63, 3.8) is 0 Å². The second-order valence-electron chi connectivity index (χ2n) is 4.61. The van der Waals surface area contributed by atoms with Crippen LogP contribution in [-0.2, 0) is 0 Å². The van der Waals surface area contributed by atoms with Gasteiger partial charge in [0.2, 0.25) is 0 Å². The molecule has 0 amide bonds. The summed E-state index contributed by atoms with van der Waals surface area (Å²) in [6.45, 7) is 6.79. The van der Waals surface area contributed by atoms with Gasteiger partial charge in [0, 0.05) is 9.75 Å². The van der Waals surface area contributed by atoms with E-state index in [0.717, 1.165) is 5.75 Å². The lowest BCUT2D eigenvalue weighted by Gasteiger charge is -2.12. The Bertz CT molecular complexity index is 533. The second-order valence-corrected chi connectivity index (χ2v) is 5.93. The Morgan fingerprint density at radius 2 is 1.89 bits per heavy atom. The van der Waals surface area contributed by atoms with Gasteiger partial charge >= 0.3 is 0 Å². The molecule has 1 aromatic heterocycles. The zero-order valence-electron chi connectivity index (χ0n) is 11.1. The van der Waals surface area contributed by atoms with Crippen LogP contribution in [0.15, 0.2) is 30.3 Å². The first-order valence-electron chi connectivity index (χ1n) is 6.08. The molecular formula is C15H19NOS. The standard InChI is InChI=1S/C15H19NOS/c1-10-4-6-13(8-11(10)2)17-9-14(16)15-7-5-12(3)18-15/h4-8,14H,9,16H2,1-3H3. The highest BCUT2D eigenvalue weighted by Crippen LogP contribution is 2.23. The van der Waals surface area contributed by atoms with Crippen molar-refractivity contribution in [2.24, 2.45) is 5.73 Å². The van der Waals surface area contributed by atoms with Crippen LogP contribution in [-0.4, -0.2) is 6.61 Å². The first-order valence-corrected chi connectivity index (χ1v) is 6.90. The molecular weight excluding hydrogens is 242 g/mol. The van der Waals surface area contributed by atoms with Gasteiger partial charge in [-0.25, -0.2) is 0 Å². The van der Waals surface area contributed by atoms with Crippen LogP contribution >= 0.6 is 11.3 Å². The third-order valence-corrected chi connectivity index (χ3v) is 4.17. The molecule has 0 saturated carbocycles. The van der Waals surface area contributed by atoms with Crippen molar-refractivity contribution in [3.8, 4) is 5.75 Å². The van der Waals surface area contributed by atoms with Gasteiger partial charge in [-0.15, -0.1) is 11.3 Å². The van der Waals surface area contributed by atoms with Gasteiger partial charge in [-0.05, 0) is 56.2 Å². The quantitative estimate of drug-likeness (QED) is 0.909. The van der Waals surface area contributed by atoms with Crippen LogP contribution in [0, 0.1) is 20.8 Å². The average Bonchev–Trinajstić information content (AvgIpc) is 2.77. The minimum absolute atomic E-state index is 0.0506. The molecule has 2 N–H and O–H groups in total. The maximum absolute atomic E-state index is 6.11. The molecule has 0 aliphatic heterocycles. The second kappa shape index (κ2) is 5.55. The van der Waals surface area contributed by atoms with Gasteiger partial charge in [-0.1, -0.05) is 6.07 Å². The molecule has 0 saturated heterocycles. The van der Waals surface area contributed by atoms with Crippen molar-refractivity contribution in [3.05, 3.63) is 51.2 Å². The Kier molecular flexibility index (Phi) is 4.04.